The van der Waals surface area contributed by atoms with Crippen molar-refractivity contribution in [2.75, 3.05) is 0 Å². The smallest absolute Gasteiger partial charge is 0.326 e. The summed E-state index contributed by atoms with van der Waals surface area (Å²) in [6.07, 6.45) is 3.80. The van der Waals surface area contributed by atoms with E-state index in [9.17, 15) is 24.3 Å². The number of aliphatic carboxylic acids is 1. The lowest BCUT2D eigenvalue weighted by Gasteiger charge is -2.28. The number of hydrogen-bond donors (Lipinski definition) is 6. The summed E-state index contributed by atoms with van der Waals surface area (Å²) in [6.45, 7) is 10.6. The molecule has 33 heavy (non-hydrogen) atoms. The van der Waals surface area contributed by atoms with Crippen molar-refractivity contribution >= 4 is 23.7 Å². The summed E-state index contributed by atoms with van der Waals surface area (Å²) in [5.74, 6) is -3.58. The molecule has 186 valence electrons. The summed E-state index contributed by atoms with van der Waals surface area (Å²) >= 11 is 0. The second kappa shape index (κ2) is 12.9. The van der Waals surface area contributed by atoms with E-state index in [0.717, 1.165) is 0 Å². The van der Waals surface area contributed by atoms with Crippen molar-refractivity contribution in [1.29, 1.82) is 0 Å². The third kappa shape index (κ3) is 8.49. The second-order valence-electron chi connectivity index (χ2n) is 9.05. The van der Waals surface area contributed by atoms with Gasteiger partial charge in [0.15, 0.2) is 0 Å². The highest BCUT2D eigenvalue weighted by Crippen LogP contribution is 2.09. The topological polar surface area (TPSA) is 179 Å². The summed E-state index contributed by atoms with van der Waals surface area (Å²) in [4.78, 5) is 56.9. The fraction of sp³-hybridized carbons (Fsp3) is 0.682. The molecule has 0 radical (unpaired) electrons. The molecule has 0 aromatic carbocycles. The largest absolute Gasteiger partial charge is 0.480 e. The van der Waals surface area contributed by atoms with Crippen LogP contribution in [0.3, 0.4) is 0 Å². The highest BCUT2D eigenvalue weighted by molar-refractivity contribution is 5.94. The van der Waals surface area contributed by atoms with Crippen molar-refractivity contribution in [3.63, 3.8) is 0 Å². The standard InChI is InChI=1S/C22H38N6O5/c1-7-13(6)16(23)20(30)26-15(8-14-9-24-10-25-14)19(29)27-17(11(2)3)21(31)28-18(12(4)5)22(32)33/h9-13,15-18H,7-8,23H2,1-6H3,(H,24,25)(H,26,30)(H,27,29)(H,28,31)(H,32,33). The summed E-state index contributed by atoms with van der Waals surface area (Å²) < 4.78 is 0. The number of carboxylic acids is 1. The van der Waals surface area contributed by atoms with Gasteiger partial charge >= 0.3 is 5.97 Å². The molecule has 11 heteroatoms. The normalized spacial score (nSPS) is 15.9. The Labute approximate surface area is 194 Å². The molecule has 3 amide bonds. The first kappa shape index (κ1) is 28.1. The summed E-state index contributed by atoms with van der Waals surface area (Å²) in [7, 11) is 0. The molecule has 0 aliphatic carbocycles. The van der Waals surface area contributed by atoms with E-state index in [1.807, 2.05) is 13.8 Å². The Morgan fingerprint density at radius 3 is 2.00 bits per heavy atom. The summed E-state index contributed by atoms with van der Waals surface area (Å²) in [6, 6.07) is -3.90. The molecule has 1 aromatic heterocycles. The number of carbonyl (C=O) groups is 4. The first-order valence-corrected chi connectivity index (χ1v) is 11.3. The third-order valence-electron chi connectivity index (χ3n) is 5.65. The molecular formula is C22H38N6O5. The molecule has 1 heterocycles. The number of aromatic amines is 1. The molecule has 5 atom stereocenters. The Bertz CT molecular complexity index is 795. The van der Waals surface area contributed by atoms with Crippen LogP contribution in [-0.4, -0.2) is 62.9 Å². The quantitative estimate of drug-likeness (QED) is 0.240. The van der Waals surface area contributed by atoms with Crippen molar-refractivity contribution in [2.24, 2.45) is 23.5 Å². The van der Waals surface area contributed by atoms with E-state index in [1.54, 1.807) is 27.7 Å². The lowest BCUT2D eigenvalue weighted by Crippen LogP contribution is -2.59. The average Bonchev–Trinajstić information content (AvgIpc) is 3.26. The van der Waals surface area contributed by atoms with Crippen molar-refractivity contribution in [3.8, 4) is 0 Å². The van der Waals surface area contributed by atoms with Crippen LogP contribution in [0, 0.1) is 17.8 Å². The molecule has 0 bridgehead atoms. The average molecular weight is 467 g/mol. The van der Waals surface area contributed by atoms with Crippen LogP contribution in [0.4, 0.5) is 0 Å². The first-order chi connectivity index (χ1) is 15.4. The highest BCUT2D eigenvalue weighted by Gasteiger charge is 2.33. The van der Waals surface area contributed by atoms with Crippen molar-refractivity contribution in [1.82, 2.24) is 25.9 Å². The van der Waals surface area contributed by atoms with Crippen LogP contribution in [0.5, 0.6) is 0 Å². The van der Waals surface area contributed by atoms with Gasteiger partial charge in [-0.1, -0.05) is 48.0 Å². The van der Waals surface area contributed by atoms with Crippen LogP contribution >= 0.6 is 0 Å². The number of aromatic nitrogens is 2. The van der Waals surface area contributed by atoms with Crippen LogP contribution < -0.4 is 21.7 Å². The number of carbonyl (C=O) groups excluding carboxylic acids is 3. The van der Waals surface area contributed by atoms with Gasteiger partial charge in [-0.2, -0.15) is 0 Å². The number of nitrogens with zero attached hydrogens (tertiary/aromatic N) is 1. The number of rotatable bonds is 13. The second-order valence-corrected chi connectivity index (χ2v) is 9.05. The maximum atomic E-state index is 13.1. The van der Waals surface area contributed by atoms with Crippen molar-refractivity contribution in [2.45, 2.75) is 78.6 Å². The molecule has 1 aromatic rings. The number of nitrogens with one attached hydrogen (secondary N) is 4. The van der Waals surface area contributed by atoms with Crippen LogP contribution in [0.15, 0.2) is 12.5 Å². The first-order valence-electron chi connectivity index (χ1n) is 11.3. The van der Waals surface area contributed by atoms with Crippen LogP contribution in [-0.2, 0) is 25.6 Å². The van der Waals surface area contributed by atoms with Crippen LogP contribution in [0.25, 0.3) is 0 Å². The maximum absolute atomic E-state index is 13.1. The number of carboxylic acid groups (broad SMARTS) is 1. The number of hydrogen-bond acceptors (Lipinski definition) is 6. The third-order valence-corrected chi connectivity index (χ3v) is 5.65. The molecule has 0 aliphatic heterocycles. The van der Waals surface area contributed by atoms with Crippen molar-refractivity contribution < 1.29 is 24.3 Å². The molecule has 0 fully saturated rings. The minimum atomic E-state index is -1.16. The van der Waals surface area contributed by atoms with E-state index in [1.165, 1.54) is 12.5 Å². The minimum Gasteiger partial charge on any atom is -0.480 e. The fourth-order valence-corrected chi connectivity index (χ4v) is 3.15. The maximum Gasteiger partial charge on any atom is 0.326 e. The van der Waals surface area contributed by atoms with Gasteiger partial charge in [-0.15, -0.1) is 0 Å². The van der Waals surface area contributed by atoms with Gasteiger partial charge in [0.05, 0.1) is 12.4 Å². The minimum absolute atomic E-state index is 0.0842. The van der Waals surface area contributed by atoms with Gasteiger partial charge in [0.2, 0.25) is 17.7 Å². The van der Waals surface area contributed by atoms with Gasteiger partial charge in [-0.25, -0.2) is 9.78 Å². The Morgan fingerprint density at radius 2 is 1.55 bits per heavy atom. The molecule has 0 aliphatic rings. The van der Waals surface area contributed by atoms with Gasteiger partial charge < -0.3 is 31.8 Å². The van der Waals surface area contributed by atoms with E-state index in [2.05, 4.69) is 25.9 Å². The van der Waals surface area contributed by atoms with E-state index in [4.69, 9.17) is 5.73 Å². The summed E-state index contributed by atoms with van der Waals surface area (Å²) in [5.41, 5.74) is 6.63. The summed E-state index contributed by atoms with van der Waals surface area (Å²) in [5, 5.41) is 17.2. The molecule has 1 rings (SSSR count). The van der Waals surface area contributed by atoms with E-state index < -0.39 is 47.9 Å². The predicted molar refractivity (Wildman–Crippen MR) is 123 cm³/mol. The zero-order chi connectivity index (χ0) is 25.3. The van der Waals surface area contributed by atoms with Gasteiger partial charge in [0, 0.05) is 18.3 Å². The molecule has 7 N–H and O–H groups in total. The van der Waals surface area contributed by atoms with E-state index in [0.29, 0.717) is 12.1 Å². The van der Waals surface area contributed by atoms with Crippen LogP contribution in [0.1, 0.15) is 53.7 Å². The molecular weight excluding hydrogens is 428 g/mol. The Hall–Kier alpha value is -2.95. The van der Waals surface area contributed by atoms with Crippen LogP contribution in [0.2, 0.25) is 0 Å². The molecule has 5 unspecified atom stereocenters. The van der Waals surface area contributed by atoms with Gasteiger partial charge in [0.25, 0.3) is 0 Å². The van der Waals surface area contributed by atoms with Gasteiger partial charge in [-0.05, 0) is 17.8 Å². The predicted octanol–water partition coefficient (Wildman–Crippen LogP) is 0.177. The number of imidazole rings is 1. The SMILES string of the molecule is CCC(C)C(N)C(=O)NC(Cc1cnc[nH]1)C(=O)NC(C(=O)NC(C(=O)O)C(C)C)C(C)C. The Morgan fingerprint density at radius 1 is 0.970 bits per heavy atom. The Balaban J connectivity index is 3.04. The lowest BCUT2D eigenvalue weighted by molar-refractivity contribution is -0.143. The zero-order valence-electron chi connectivity index (χ0n) is 20.2. The highest BCUT2D eigenvalue weighted by atomic mass is 16.4. The van der Waals surface area contributed by atoms with Crippen molar-refractivity contribution in [3.05, 3.63) is 18.2 Å². The molecule has 0 spiro atoms. The monoisotopic (exact) mass is 466 g/mol. The lowest BCUT2D eigenvalue weighted by atomic mass is 9.98. The van der Waals surface area contributed by atoms with Gasteiger partial charge in [0.1, 0.15) is 18.1 Å². The Kier molecular flexibility index (Phi) is 11.0. The number of H-pyrrole nitrogens is 1. The van der Waals surface area contributed by atoms with Gasteiger partial charge in [-0.3, -0.25) is 14.4 Å². The molecule has 0 saturated carbocycles. The van der Waals surface area contributed by atoms with E-state index in [-0.39, 0.29) is 24.2 Å². The number of nitrogens with two attached hydrogens (primary N) is 1. The zero-order valence-corrected chi connectivity index (χ0v) is 20.2. The molecule has 11 nitrogen and oxygen atoms in total. The molecule has 0 saturated heterocycles. The van der Waals surface area contributed by atoms with E-state index >= 15 is 0 Å². The number of amides is 3. The fourth-order valence-electron chi connectivity index (χ4n) is 3.15.